The molecule has 0 heterocycles. The van der Waals surface area contributed by atoms with Crippen molar-refractivity contribution >= 4 is 6.03 Å². The summed E-state index contributed by atoms with van der Waals surface area (Å²) < 4.78 is 0. The number of benzene rings is 1. The molecule has 2 amide bonds. The Balaban J connectivity index is 1.92. The second-order valence-corrected chi connectivity index (χ2v) is 4.22. The van der Waals surface area contributed by atoms with E-state index in [0.717, 1.165) is 24.0 Å². The van der Waals surface area contributed by atoms with Crippen molar-refractivity contribution in [2.75, 3.05) is 6.61 Å². The van der Waals surface area contributed by atoms with Crippen LogP contribution < -0.4 is 10.6 Å². The molecule has 0 unspecified atom stereocenters. The van der Waals surface area contributed by atoms with E-state index in [9.17, 15) is 4.79 Å². The van der Waals surface area contributed by atoms with Crippen LogP contribution in [0, 0.1) is 11.8 Å². The monoisotopic (exact) mass is 244 g/mol. The van der Waals surface area contributed by atoms with Crippen LogP contribution in [0.15, 0.2) is 24.3 Å². The molecule has 18 heavy (non-hydrogen) atoms. The van der Waals surface area contributed by atoms with Crippen LogP contribution in [0.1, 0.15) is 24.0 Å². The van der Waals surface area contributed by atoms with E-state index in [0.29, 0.717) is 12.6 Å². The van der Waals surface area contributed by atoms with Crippen LogP contribution in [-0.4, -0.2) is 23.8 Å². The van der Waals surface area contributed by atoms with Crippen molar-refractivity contribution in [1.29, 1.82) is 0 Å². The normalized spacial score (nSPS) is 13.4. The molecule has 0 saturated heterocycles. The molecule has 4 nitrogen and oxygen atoms in total. The van der Waals surface area contributed by atoms with Gasteiger partial charge in [0.25, 0.3) is 0 Å². The van der Waals surface area contributed by atoms with Gasteiger partial charge in [0, 0.05) is 18.2 Å². The van der Waals surface area contributed by atoms with Gasteiger partial charge in [-0.1, -0.05) is 30.0 Å². The molecule has 1 aliphatic carbocycles. The Morgan fingerprint density at radius 2 is 2.17 bits per heavy atom. The number of hydrogen-bond donors (Lipinski definition) is 3. The third-order valence-electron chi connectivity index (χ3n) is 2.67. The molecule has 0 radical (unpaired) electrons. The smallest absolute Gasteiger partial charge is 0.315 e. The Morgan fingerprint density at radius 1 is 1.39 bits per heavy atom. The molecule has 0 aromatic heterocycles. The SMILES string of the molecule is O=C(NCc1ccccc1C#CCO)NC1CC1. The van der Waals surface area contributed by atoms with Gasteiger partial charge in [0.15, 0.2) is 0 Å². The van der Waals surface area contributed by atoms with E-state index in [1.807, 2.05) is 24.3 Å². The minimum Gasteiger partial charge on any atom is -0.384 e. The number of hydrogen-bond acceptors (Lipinski definition) is 2. The topological polar surface area (TPSA) is 61.4 Å². The highest BCUT2D eigenvalue weighted by molar-refractivity contribution is 5.74. The summed E-state index contributed by atoms with van der Waals surface area (Å²) in [7, 11) is 0. The van der Waals surface area contributed by atoms with E-state index in [1.165, 1.54) is 0 Å². The molecule has 0 aliphatic heterocycles. The van der Waals surface area contributed by atoms with E-state index in [2.05, 4.69) is 22.5 Å². The second-order valence-electron chi connectivity index (χ2n) is 4.22. The number of amides is 2. The van der Waals surface area contributed by atoms with Crippen LogP contribution in [-0.2, 0) is 6.54 Å². The summed E-state index contributed by atoms with van der Waals surface area (Å²) in [5.41, 5.74) is 1.78. The van der Waals surface area contributed by atoms with Crippen molar-refractivity contribution < 1.29 is 9.90 Å². The average molecular weight is 244 g/mol. The molecule has 3 N–H and O–H groups in total. The van der Waals surface area contributed by atoms with Crippen molar-refractivity contribution in [1.82, 2.24) is 10.6 Å². The zero-order valence-electron chi connectivity index (χ0n) is 10.1. The molecule has 4 heteroatoms. The Morgan fingerprint density at radius 3 is 2.89 bits per heavy atom. The zero-order valence-corrected chi connectivity index (χ0v) is 10.1. The number of aliphatic hydroxyl groups is 1. The van der Waals surface area contributed by atoms with Gasteiger partial charge in [0.2, 0.25) is 0 Å². The molecule has 0 atom stereocenters. The van der Waals surface area contributed by atoms with Gasteiger partial charge in [0.05, 0.1) is 0 Å². The van der Waals surface area contributed by atoms with Gasteiger partial charge in [-0.25, -0.2) is 4.79 Å². The van der Waals surface area contributed by atoms with E-state index < -0.39 is 0 Å². The molecule has 1 fully saturated rings. The molecule has 0 spiro atoms. The molecular weight excluding hydrogens is 228 g/mol. The standard InChI is InChI=1S/C14H16N2O2/c17-9-3-6-11-4-1-2-5-12(11)10-15-14(18)16-13-7-8-13/h1-2,4-5,13,17H,7-10H2,(H2,15,16,18). The average Bonchev–Trinajstić information content (AvgIpc) is 3.18. The van der Waals surface area contributed by atoms with Gasteiger partial charge in [-0.2, -0.15) is 0 Å². The first-order valence-electron chi connectivity index (χ1n) is 6.01. The van der Waals surface area contributed by atoms with E-state index in [-0.39, 0.29) is 12.6 Å². The summed E-state index contributed by atoms with van der Waals surface area (Å²) in [6.45, 7) is 0.277. The van der Waals surface area contributed by atoms with Crippen LogP contribution in [0.5, 0.6) is 0 Å². The van der Waals surface area contributed by atoms with Gasteiger partial charge < -0.3 is 15.7 Å². The predicted molar refractivity (Wildman–Crippen MR) is 68.8 cm³/mol. The minimum atomic E-state index is -0.163. The van der Waals surface area contributed by atoms with Crippen LogP contribution in [0.25, 0.3) is 0 Å². The predicted octanol–water partition coefficient (Wildman–Crippen LogP) is 0.992. The summed E-state index contributed by atoms with van der Waals surface area (Å²) in [6, 6.07) is 7.80. The van der Waals surface area contributed by atoms with Gasteiger partial charge in [-0.15, -0.1) is 0 Å². The van der Waals surface area contributed by atoms with Crippen LogP contribution in [0.2, 0.25) is 0 Å². The van der Waals surface area contributed by atoms with E-state index in [4.69, 9.17) is 5.11 Å². The fourth-order valence-corrected chi connectivity index (χ4v) is 1.57. The Labute approximate surface area is 106 Å². The highest BCUT2D eigenvalue weighted by Crippen LogP contribution is 2.18. The maximum absolute atomic E-state index is 11.5. The second kappa shape index (κ2) is 6.08. The molecule has 94 valence electrons. The lowest BCUT2D eigenvalue weighted by Gasteiger charge is -2.08. The first kappa shape index (κ1) is 12.5. The van der Waals surface area contributed by atoms with Gasteiger partial charge in [0.1, 0.15) is 6.61 Å². The summed E-state index contributed by atoms with van der Waals surface area (Å²) in [4.78, 5) is 11.5. The lowest BCUT2D eigenvalue weighted by molar-refractivity contribution is 0.240. The van der Waals surface area contributed by atoms with E-state index in [1.54, 1.807) is 0 Å². The third kappa shape index (κ3) is 3.79. The van der Waals surface area contributed by atoms with Gasteiger partial charge >= 0.3 is 6.03 Å². The van der Waals surface area contributed by atoms with Crippen molar-refractivity contribution in [2.24, 2.45) is 0 Å². The minimum absolute atomic E-state index is 0.137. The van der Waals surface area contributed by atoms with Crippen molar-refractivity contribution in [3.05, 3.63) is 35.4 Å². The highest BCUT2D eigenvalue weighted by atomic mass is 16.2. The fourth-order valence-electron chi connectivity index (χ4n) is 1.57. The Hall–Kier alpha value is -1.99. The number of aliphatic hydroxyl groups excluding tert-OH is 1. The van der Waals surface area contributed by atoms with Gasteiger partial charge in [-0.3, -0.25) is 0 Å². The number of carbonyl (C=O) groups excluding carboxylic acids is 1. The summed E-state index contributed by atoms with van der Waals surface area (Å²) >= 11 is 0. The molecule has 0 bridgehead atoms. The lowest BCUT2D eigenvalue weighted by Crippen LogP contribution is -2.36. The zero-order chi connectivity index (χ0) is 12.8. The lowest BCUT2D eigenvalue weighted by atomic mass is 10.1. The number of nitrogens with one attached hydrogen (secondary N) is 2. The van der Waals surface area contributed by atoms with Crippen molar-refractivity contribution in [3.8, 4) is 11.8 Å². The Bertz CT molecular complexity index is 484. The molecule has 1 aliphatic rings. The molecular formula is C14H16N2O2. The summed E-state index contributed by atoms with van der Waals surface area (Å²) in [5, 5.41) is 14.4. The first-order chi connectivity index (χ1) is 8.79. The van der Waals surface area contributed by atoms with Crippen LogP contribution >= 0.6 is 0 Å². The third-order valence-corrected chi connectivity index (χ3v) is 2.67. The molecule has 1 saturated carbocycles. The summed E-state index contributed by atoms with van der Waals surface area (Å²) in [6.07, 6.45) is 2.15. The largest absolute Gasteiger partial charge is 0.384 e. The maximum atomic E-state index is 11.5. The number of carbonyl (C=O) groups is 1. The van der Waals surface area contributed by atoms with Crippen LogP contribution in [0.4, 0.5) is 4.79 Å². The van der Waals surface area contributed by atoms with Crippen molar-refractivity contribution in [2.45, 2.75) is 25.4 Å². The molecule has 2 rings (SSSR count). The number of rotatable bonds is 3. The molecule has 1 aromatic rings. The highest BCUT2D eigenvalue weighted by Gasteiger charge is 2.22. The number of urea groups is 1. The quantitative estimate of drug-likeness (QED) is 0.694. The van der Waals surface area contributed by atoms with Crippen LogP contribution in [0.3, 0.4) is 0 Å². The fraction of sp³-hybridized carbons (Fsp3) is 0.357. The van der Waals surface area contributed by atoms with Crippen molar-refractivity contribution in [3.63, 3.8) is 0 Å². The van der Waals surface area contributed by atoms with Gasteiger partial charge in [-0.05, 0) is 24.5 Å². The summed E-state index contributed by atoms with van der Waals surface area (Å²) in [5.74, 6) is 5.48. The maximum Gasteiger partial charge on any atom is 0.315 e. The Kier molecular flexibility index (Phi) is 4.21. The molecule has 1 aromatic carbocycles. The van der Waals surface area contributed by atoms with E-state index >= 15 is 0 Å². The first-order valence-corrected chi connectivity index (χ1v) is 6.01.